The lowest BCUT2D eigenvalue weighted by Gasteiger charge is -2.07. The average molecular weight is 184 g/mol. The third kappa shape index (κ3) is 3.14. The maximum atomic E-state index is 10.7. The summed E-state index contributed by atoms with van der Waals surface area (Å²) in [5, 5.41) is 5.29. The van der Waals surface area contributed by atoms with Crippen molar-refractivity contribution in [2.75, 3.05) is 13.2 Å². The summed E-state index contributed by atoms with van der Waals surface area (Å²) in [6, 6.07) is -0.106. The van der Waals surface area contributed by atoms with E-state index in [9.17, 15) is 9.59 Å². The van der Waals surface area contributed by atoms with Crippen LogP contribution >= 0.6 is 0 Å². The summed E-state index contributed by atoms with van der Waals surface area (Å²) in [5.74, 6) is -0.433. The Bertz CT molecular complexity index is 227. The van der Waals surface area contributed by atoms with Gasteiger partial charge in [-0.1, -0.05) is 6.58 Å². The van der Waals surface area contributed by atoms with E-state index < -0.39 is 5.97 Å². The van der Waals surface area contributed by atoms with Gasteiger partial charge in [0.1, 0.15) is 0 Å². The van der Waals surface area contributed by atoms with E-state index in [-0.39, 0.29) is 12.1 Å². The summed E-state index contributed by atoms with van der Waals surface area (Å²) in [5.41, 5.74) is 0. The first kappa shape index (κ1) is 9.57. The zero-order chi connectivity index (χ0) is 9.68. The first-order valence-corrected chi connectivity index (χ1v) is 4.06. The Morgan fingerprint density at radius 2 is 2.54 bits per heavy atom. The highest BCUT2D eigenvalue weighted by molar-refractivity contribution is 5.81. The molecular weight excluding hydrogens is 172 g/mol. The molecule has 0 bridgehead atoms. The number of urea groups is 1. The van der Waals surface area contributed by atoms with Crippen molar-refractivity contribution in [2.24, 2.45) is 0 Å². The molecule has 0 aromatic rings. The van der Waals surface area contributed by atoms with Crippen molar-refractivity contribution in [3.63, 3.8) is 0 Å². The SMILES string of the molecule is C=CC(=O)OCCC1CNC(=O)N1. The predicted molar refractivity (Wildman–Crippen MR) is 46.1 cm³/mol. The van der Waals surface area contributed by atoms with Gasteiger partial charge in [-0.25, -0.2) is 9.59 Å². The molecule has 1 unspecified atom stereocenters. The highest BCUT2D eigenvalue weighted by atomic mass is 16.5. The van der Waals surface area contributed by atoms with Gasteiger partial charge in [0, 0.05) is 19.0 Å². The molecule has 1 aliphatic heterocycles. The van der Waals surface area contributed by atoms with E-state index in [2.05, 4.69) is 17.2 Å². The first-order valence-electron chi connectivity index (χ1n) is 4.06. The fourth-order valence-electron chi connectivity index (χ4n) is 1.04. The third-order valence-electron chi connectivity index (χ3n) is 1.72. The van der Waals surface area contributed by atoms with Gasteiger partial charge in [-0.15, -0.1) is 0 Å². The van der Waals surface area contributed by atoms with Gasteiger partial charge in [0.2, 0.25) is 0 Å². The topological polar surface area (TPSA) is 67.4 Å². The average Bonchev–Trinajstić information content (AvgIpc) is 2.51. The molecule has 1 saturated heterocycles. The zero-order valence-corrected chi connectivity index (χ0v) is 7.21. The number of carbonyl (C=O) groups is 2. The number of rotatable bonds is 4. The predicted octanol–water partition coefficient (Wildman–Crippen LogP) is -0.213. The van der Waals surface area contributed by atoms with Crippen LogP contribution in [0.2, 0.25) is 0 Å². The Balaban J connectivity index is 2.09. The minimum atomic E-state index is -0.433. The maximum Gasteiger partial charge on any atom is 0.330 e. The number of amides is 2. The van der Waals surface area contributed by atoms with E-state index >= 15 is 0 Å². The number of hydrogen-bond donors (Lipinski definition) is 2. The maximum absolute atomic E-state index is 10.7. The van der Waals surface area contributed by atoms with E-state index in [1.54, 1.807) is 0 Å². The molecule has 2 amide bonds. The molecule has 0 radical (unpaired) electrons. The Kier molecular flexibility index (Phi) is 3.31. The van der Waals surface area contributed by atoms with E-state index in [0.29, 0.717) is 19.6 Å². The summed E-state index contributed by atoms with van der Waals surface area (Å²) in [6.45, 7) is 4.16. The number of esters is 1. The van der Waals surface area contributed by atoms with Crippen molar-refractivity contribution < 1.29 is 14.3 Å². The molecule has 13 heavy (non-hydrogen) atoms. The van der Waals surface area contributed by atoms with Gasteiger partial charge >= 0.3 is 12.0 Å². The Labute approximate surface area is 76.1 Å². The first-order chi connectivity index (χ1) is 6.22. The van der Waals surface area contributed by atoms with Gasteiger partial charge in [0.25, 0.3) is 0 Å². The van der Waals surface area contributed by atoms with Crippen LogP contribution in [0.15, 0.2) is 12.7 Å². The second-order valence-corrected chi connectivity index (χ2v) is 2.71. The molecule has 1 heterocycles. The number of hydrogen-bond acceptors (Lipinski definition) is 3. The monoisotopic (exact) mass is 184 g/mol. The largest absolute Gasteiger partial charge is 0.462 e. The van der Waals surface area contributed by atoms with Crippen LogP contribution in [0.1, 0.15) is 6.42 Å². The lowest BCUT2D eigenvalue weighted by Crippen LogP contribution is -2.28. The van der Waals surface area contributed by atoms with Crippen molar-refractivity contribution in [3.05, 3.63) is 12.7 Å². The molecule has 5 nitrogen and oxygen atoms in total. The normalized spacial score (nSPS) is 20.3. The minimum absolute atomic E-state index is 0.0603. The van der Waals surface area contributed by atoms with Gasteiger partial charge in [-0.05, 0) is 0 Å². The van der Waals surface area contributed by atoms with Gasteiger partial charge in [-0.2, -0.15) is 0 Å². The molecule has 0 aromatic carbocycles. The molecule has 72 valence electrons. The summed E-state index contributed by atoms with van der Waals surface area (Å²) in [4.78, 5) is 21.3. The van der Waals surface area contributed by atoms with Crippen LogP contribution in [0.3, 0.4) is 0 Å². The van der Waals surface area contributed by atoms with E-state index in [1.807, 2.05) is 0 Å². The second-order valence-electron chi connectivity index (χ2n) is 2.71. The third-order valence-corrected chi connectivity index (χ3v) is 1.72. The second kappa shape index (κ2) is 4.49. The quantitative estimate of drug-likeness (QED) is 0.469. The van der Waals surface area contributed by atoms with Crippen molar-refractivity contribution in [1.29, 1.82) is 0 Å². The van der Waals surface area contributed by atoms with Crippen molar-refractivity contribution in [3.8, 4) is 0 Å². The van der Waals surface area contributed by atoms with Crippen LogP contribution in [-0.4, -0.2) is 31.2 Å². The van der Waals surface area contributed by atoms with E-state index in [0.717, 1.165) is 6.08 Å². The van der Waals surface area contributed by atoms with Gasteiger partial charge in [0.05, 0.1) is 12.6 Å². The summed E-state index contributed by atoms with van der Waals surface area (Å²) < 4.78 is 4.75. The Hall–Kier alpha value is -1.52. The van der Waals surface area contributed by atoms with Crippen LogP contribution in [0.5, 0.6) is 0 Å². The van der Waals surface area contributed by atoms with Crippen LogP contribution < -0.4 is 10.6 Å². The molecule has 1 fully saturated rings. The zero-order valence-electron chi connectivity index (χ0n) is 7.21. The molecule has 1 rings (SSSR count). The molecule has 1 atom stereocenters. The highest BCUT2D eigenvalue weighted by Crippen LogP contribution is 1.97. The summed E-state index contributed by atoms with van der Waals surface area (Å²) in [7, 11) is 0. The molecular formula is C8H12N2O3. The van der Waals surface area contributed by atoms with Crippen molar-refractivity contribution in [1.82, 2.24) is 10.6 Å². The van der Waals surface area contributed by atoms with Crippen LogP contribution in [0.25, 0.3) is 0 Å². The van der Waals surface area contributed by atoms with Crippen LogP contribution in [0, 0.1) is 0 Å². The Morgan fingerprint density at radius 1 is 1.77 bits per heavy atom. The molecule has 5 heteroatoms. The molecule has 0 aliphatic carbocycles. The van der Waals surface area contributed by atoms with Gasteiger partial charge in [0.15, 0.2) is 0 Å². The standard InChI is InChI=1S/C8H12N2O3/c1-2-7(11)13-4-3-6-5-9-8(12)10-6/h2,6H,1,3-5H2,(H2,9,10,12). The number of ether oxygens (including phenoxy) is 1. The molecule has 1 aliphatic rings. The molecule has 2 N–H and O–H groups in total. The summed E-state index contributed by atoms with van der Waals surface area (Å²) in [6.07, 6.45) is 1.74. The van der Waals surface area contributed by atoms with Crippen LogP contribution in [-0.2, 0) is 9.53 Å². The Morgan fingerprint density at radius 3 is 3.08 bits per heavy atom. The van der Waals surface area contributed by atoms with E-state index in [1.165, 1.54) is 0 Å². The molecule has 0 spiro atoms. The van der Waals surface area contributed by atoms with Gasteiger partial charge < -0.3 is 15.4 Å². The van der Waals surface area contributed by atoms with Crippen LogP contribution in [0.4, 0.5) is 4.79 Å². The van der Waals surface area contributed by atoms with Crippen molar-refractivity contribution in [2.45, 2.75) is 12.5 Å². The fraction of sp³-hybridized carbons (Fsp3) is 0.500. The lowest BCUT2D eigenvalue weighted by molar-refractivity contribution is -0.137. The minimum Gasteiger partial charge on any atom is -0.462 e. The van der Waals surface area contributed by atoms with Crippen molar-refractivity contribution >= 4 is 12.0 Å². The highest BCUT2D eigenvalue weighted by Gasteiger charge is 2.19. The van der Waals surface area contributed by atoms with E-state index in [4.69, 9.17) is 4.74 Å². The van der Waals surface area contributed by atoms with Gasteiger partial charge in [-0.3, -0.25) is 0 Å². The number of nitrogens with one attached hydrogen (secondary N) is 2. The number of carbonyl (C=O) groups excluding carboxylic acids is 2. The molecule has 0 aromatic heterocycles. The lowest BCUT2D eigenvalue weighted by atomic mass is 10.2. The fourth-order valence-corrected chi connectivity index (χ4v) is 1.04. The summed E-state index contributed by atoms with van der Waals surface area (Å²) >= 11 is 0. The smallest absolute Gasteiger partial charge is 0.330 e. The molecule has 0 saturated carbocycles.